The molecule has 0 radical (unpaired) electrons. The van der Waals surface area contributed by atoms with E-state index in [1.807, 2.05) is 36.7 Å². The number of benzene rings is 1. The van der Waals surface area contributed by atoms with E-state index in [9.17, 15) is 5.11 Å². The summed E-state index contributed by atoms with van der Waals surface area (Å²) in [5.41, 5.74) is 2.36. The van der Waals surface area contributed by atoms with Crippen molar-refractivity contribution in [2.24, 2.45) is 0 Å². The van der Waals surface area contributed by atoms with Crippen LogP contribution in [0.4, 0.5) is 0 Å². The van der Waals surface area contributed by atoms with Crippen LogP contribution in [0.3, 0.4) is 0 Å². The van der Waals surface area contributed by atoms with Gasteiger partial charge in [0.15, 0.2) is 0 Å². The fourth-order valence-corrected chi connectivity index (χ4v) is 3.30. The van der Waals surface area contributed by atoms with Crippen molar-refractivity contribution < 1.29 is 9.84 Å². The van der Waals surface area contributed by atoms with E-state index < -0.39 is 6.10 Å². The fourth-order valence-electron chi connectivity index (χ4n) is 3.18. The van der Waals surface area contributed by atoms with Crippen LogP contribution in [0, 0.1) is 0 Å². The molecular formula is C18H24ClN3O2. The maximum atomic E-state index is 10.2. The molecule has 24 heavy (non-hydrogen) atoms. The number of aromatic amines is 1. The molecule has 3 rings (SSSR count). The molecule has 1 saturated heterocycles. The molecular weight excluding hydrogens is 326 g/mol. The Hall–Kier alpha value is -1.40. The number of nitrogens with zero attached hydrogens (tertiary/aromatic N) is 2. The number of nitrogens with one attached hydrogen (secondary N) is 1. The lowest BCUT2D eigenvalue weighted by molar-refractivity contribution is 0.00622. The number of H-pyrrole nitrogens is 1. The first-order valence-electron chi connectivity index (χ1n) is 8.42. The molecule has 0 spiro atoms. The SMILES string of the molecule is O[C@@H](COCc1ccc(Cl)cc1)CN1CCC(c2cn[nH]c2)CC1. The van der Waals surface area contributed by atoms with Crippen LogP contribution in [-0.4, -0.2) is 52.5 Å². The highest BCUT2D eigenvalue weighted by Crippen LogP contribution is 2.27. The number of aromatic nitrogens is 2. The minimum atomic E-state index is -0.456. The first-order valence-corrected chi connectivity index (χ1v) is 8.80. The maximum Gasteiger partial charge on any atom is 0.0900 e. The number of halogens is 1. The van der Waals surface area contributed by atoms with Crippen LogP contribution in [0.25, 0.3) is 0 Å². The molecule has 2 N–H and O–H groups in total. The Morgan fingerprint density at radius 2 is 2.04 bits per heavy atom. The molecule has 5 nitrogen and oxygen atoms in total. The van der Waals surface area contributed by atoms with Crippen molar-refractivity contribution in [2.75, 3.05) is 26.2 Å². The van der Waals surface area contributed by atoms with Crippen LogP contribution in [0.5, 0.6) is 0 Å². The highest BCUT2D eigenvalue weighted by molar-refractivity contribution is 6.30. The van der Waals surface area contributed by atoms with Crippen LogP contribution >= 0.6 is 11.6 Å². The molecule has 0 bridgehead atoms. The van der Waals surface area contributed by atoms with E-state index in [-0.39, 0.29) is 0 Å². The summed E-state index contributed by atoms with van der Waals surface area (Å²) in [6.45, 7) is 3.52. The monoisotopic (exact) mass is 349 g/mol. The molecule has 2 heterocycles. The summed E-state index contributed by atoms with van der Waals surface area (Å²) in [5, 5.41) is 17.8. The fraction of sp³-hybridized carbons (Fsp3) is 0.500. The highest BCUT2D eigenvalue weighted by atomic mass is 35.5. The zero-order valence-electron chi connectivity index (χ0n) is 13.7. The molecule has 0 unspecified atom stereocenters. The Kier molecular flexibility index (Phi) is 6.26. The molecule has 0 saturated carbocycles. The van der Waals surface area contributed by atoms with Crippen LogP contribution in [0.2, 0.25) is 5.02 Å². The summed E-state index contributed by atoms with van der Waals surface area (Å²) >= 11 is 5.86. The lowest BCUT2D eigenvalue weighted by Gasteiger charge is -2.32. The van der Waals surface area contributed by atoms with E-state index in [2.05, 4.69) is 15.1 Å². The van der Waals surface area contributed by atoms with E-state index >= 15 is 0 Å². The van der Waals surface area contributed by atoms with Crippen molar-refractivity contribution in [3.8, 4) is 0 Å². The minimum Gasteiger partial charge on any atom is -0.389 e. The number of ether oxygens (including phenoxy) is 1. The van der Waals surface area contributed by atoms with E-state index in [4.69, 9.17) is 16.3 Å². The van der Waals surface area contributed by atoms with Gasteiger partial charge in [0.1, 0.15) is 0 Å². The van der Waals surface area contributed by atoms with Gasteiger partial charge in [-0.3, -0.25) is 5.10 Å². The molecule has 130 valence electrons. The normalized spacial score (nSPS) is 17.9. The lowest BCUT2D eigenvalue weighted by atomic mass is 9.91. The van der Waals surface area contributed by atoms with Crippen molar-refractivity contribution >= 4 is 11.6 Å². The van der Waals surface area contributed by atoms with Gasteiger partial charge in [-0.2, -0.15) is 5.10 Å². The van der Waals surface area contributed by atoms with Gasteiger partial charge in [0.25, 0.3) is 0 Å². The van der Waals surface area contributed by atoms with Gasteiger partial charge < -0.3 is 14.7 Å². The number of likely N-dealkylation sites (tertiary alicyclic amines) is 1. The molecule has 0 amide bonds. The average molecular weight is 350 g/mol. The van der Waals surface area contributed by atoms with Gasteiger partial charge in [-0.1, -0.05) is 23.7 Å². The average Bonchev–Trinajstić information content (AvgIpc) is 3.12. The molecule has 2 aromatic rings. The van der Waals surface area contributed by atoms with Crippen LogP contribution in [-0.2, 0) is 11.3 Å². The number of aliphatic hydroxyl groups excluding tert-OH is 1. The minimum absolute atomic E-state index is 0.351. The topological polar surface area (TPSA) is 61.4 Å². The summed E-state index contributed by atoms with van der Waals surface area (Å²) in [4.78, 5) is 2.31. The second-order valence-electron chi connectivity index (χ2n) is 6.40. The zero-order chi connectivity index (χ0) is 16.8. The van der Waals surface area contributed by atoms with Crippen LogP contribution < -0.4 is 0 Å². The standard InChI is InChI=1S/C18H24ClN3O2/c19-17-3-1-14(2-4-17)12-24-13-18(23)11-22-7-5-15(6-8-22)16-9-20-21-10-16/h1-4,9-10,15,18,23H,5-8,11-13H2,(H,20,21)/t18-/m1/s1. The molecule has 1 aromatic carbocycles. The Bertz CT molecular complexity index is 595. The Morgan fingerprint density at radius 1 is 1.29 bits per heavy atom. The number of β-amino-alcohol motifs (C(OH)–C–C–N with tert-alkyl or cyclic N) is 1. The van der Waals surface area contributed by atoms with Crippen molar-refractivity contribution in [3.05, 3.63) is 52.8 Å². The van der Waals surface area contributed by atoms with Gasteiger partial charge in [-0.25, -0.2) is 0 Å². The quantitative estimate of drug-likeness (QED) is 0.807. The van der Waals surface area contributed by atoms with Crippen molar-refractivity contribution in [1.82, 2.24) is 15.1 Å². The second-order valence-corrected chi connectivity index (χ2v) is 6.84. The number of rotatable bonds is 7. The highest BCUT2D eigenvalue weighted by Gasteiger charge is 2.22. The molecule has 1 aliphatic heterocycles. The van der Waals surface area contributed by atoms with E-state index in [1.54, 1.807) is 0 Å². The molecule has 1 aromatic heterocycles. The Labute approximate surface area is 147 Å². The molecule has 0 aliphatic carbocycles. The van der Waals surface area contributed by atoms with Crippen molar-refractivity contribution in [3.63, 3.8) is 0 Å². The van der Waals surface area contributed by atoms with Gasteiger partial charge in [0.2, 0.25) is 0 Å². The predicted octanol–water partition coefficient (Wildman–Crippen LogP) is 2.82. The van der Waals surface area contributed by atoms with Gasteiger partial charge in [-0.05, 0) is 55.1 Å². The van der Waals surface area contributed by atoms with Crippen LogP contribution in [0.15, 0.2) is 36.7 Å². The summed E-state index contributed by atoms with van der Waals surface area (Å²) in [6, 6.07) is 7.58. The van der Waals surface area contributed by atoms with Crippen molar-refractivity contribution in [1.29, 1.82) is 0 Å². The Balaban J connectivity index is 1.34. The predicted molar refractivity (Wildman–Crippen MR) is 94.1 cm³/mol. The second kappa shape index (κ2) is 8.62. The van der Waals surface area contributed by atoms with E-state index in [1.165, 1.54) is 5.56 Å². The molecule has 1 atom stereocenters. The van der Waals surface area contributed by atoms with Gasteiger partial charge >= 0.3 is 0 Å². The third-order valence-electron chi connectivity index (χ3n) is 4.54. The van der Waals surface area contributed by atoms with Gasteiger partial charge in [0, 0.05) is 17.8 Å². The smallest absolute Gasteiger partial charge is 0.0900 e. The third-order valence-corrected chi connectivity index (χ3v) is 4.79. The maximum absolute atomic E-state index is 10.2. The largest absolute Gasteiger partial charge is 0.389 e. The number of aliphatic hydroxyl groups is 1. The lowest BCUT2D eigenvalue weighted by Crippen LogP contribution is -2.39. The first-order chi connectivity index (χ1) is 11.7. The van der Waals surface area contributed by atoms with Gasteiger partial charge in [0.05, 0.1) is 25.5 Å². The van der Waals surface area contributed by atoms with Gasteiger partial charge in [-0.15, -0.1) is 0 Å². The Morgan fingerprint density at radius 3 is 2.71 bits per heavy atom. The molecule has 1 fully saturated rings. The summed E-state index contributed by atoms with van der Waals surface area (Å²) in [6.07, 6.45) is 5.66. The number of hydrogen-bond donors (Lipinski definition) is 2. The summed E-state index contributed by atoms with van der Waals surface area (Å²) in [7, 11) is 0. The van der Waals surface area contributed by atoms with E-state index in [0.29, 0.717) is 25.7 Å². The molecule has 6 heteroatoms. The van der Waals surface area contributed by atoms with Crippen molar-refractivity contribution in [2.45, 2.75) is 31.5 Å². The number of piperidine rings is 1. The van der Waals surface area contributed by atoms with Crippen LogP contribution in [0.1, 0.15) is 29.9 Å². The molecule has 1 aliphatic rings. The zero-order valence-corrected chi connectivity index (χ0v) is 14.5. The summed E-state index contributed by atoms with van der Waals surface area (Å²) < 4.78 is 5.61. The third kappa shape index (κ3) is 5.05. The first kappa shape index (κ1) is 17.4. The van der Waals surface area contributed by atoms with E-state index in [0.717, 1.165) is 36.5 Å². The number of hydrogen-bond acceptors (Lipinski definition) is 4. The summed E-state index contributed by atoms with van der Waals surface area (Å²) in [5.74, 6) is 0.582.